The molecule has 0 aromatic heterocycles. The van der Waals surface area contributed by atoms with Gasteiger partial charge in [-0.05, 0) is 65.7 Å². The Kier molecular flexibility index (Phi) is 8.97. The van der Waals surface area contributed by atoms with Crippen LogP contribution in [0, 0.1) is 0 Å². The predicted octanol–water partition coefficient (Wildman–Crippen LogP) is 2.79. The molecule has 1 aromatic rings. The maximum absolute atomic E-state index is 12.7. The lowest BCUT2D eigenvalue weighted by molar-refractivity contribution is -0.253. The topological polar surface area (TPSA) is 128 Å². The summed E-state index contributed by atoms with van der Waals surface area (Å²) in [6.45, 7) is 10.0. The van der Waals surface area contributed by atoms with Crippen LogP contribution in [-0.4, -0.2) is 42.9 Å². The summed E-state index contributed by atoms with van der Waals surface area (Å²) in [5, 5.41) is 8.48. The molecule has 1 rings (SSSR count). The normalized spacial score (nSPS) is 13.6. The second kappa shape index (κ2) is 10.3. The van der Waals surface area contributed by atoms with Gasteiger partial charge in [0.05, 0.1) is 4.90 Å². The summed E-state index contributed by atoms with van der Waals surface area (Å²) in [5.41, 5.74) is -0.971. The molecule has 0 radical (unpaired) electrons. The number of sulfonamides is 1. The van der Waals surface area contributed by atoms with Gasteiger partial charge in [0, 0.05) is 6.42 Å². The second-order valence-corrected chi connectivity index (χ2v) is 10.5. The van der Waals surface area contributed by atoms with Crippen molar-refractivity contribution in [2.24, 2.45) is 0 Å². The molecule has 30 heavy (non-hydrogen) atoms. The van der Waals surface area contributed by atoms with Crippen LogP contribution < -0.4 is 4.72 Å². The lowest BCUT2D eigenvalue weighted by atomic mass is 10.1. The first-order valence-electron chi connectivity index (χ1n) is 9.45. The van der Waals surface area contributed by atoms with Gasteiger partial charge >= 0.3 is 11.9 Å². The highest BCUT2D eigenvalue weighted by atomic mass is 32.2. The van der Waals surface area contributed by atoms with E-state index in [1.54, 1.807) is 41.5 Å². The fraction of sp³-hybridized carbons (Fsp3) is 0.600. The van der Waals surface area contributed by atoms with Crippen molar-refractivity contribution in [1.29, 1.82) is 0 Å². The second-order valence-electron chi connectivity index (χ2n) is 8.75. The Hall–Kier alpha value is -2.01. The van der Waals surface area contributed by atoms with E-state index in [-0.39, 0.29) is 24.3 Å². The number of nitrogens with one attached hydrogen (secondary N) is 1. The third-order valence-corrected chi connectivity index (χ3v) is 5.00. The maximum Gasteiger partial charge on any atom is 0.324 e. The van der Waals surface area contributed by atoms with E-state index < -0.39 is 39.2 Å². The summed E-state index contributed by atoms with van der Waals surface area (Å²) in [5.74, 6) is -1.34. The van der Waals surface area contributed by atoms with Crippen molar-refractivity contribution < 1.29 is 37.6 Å². The zero-order valence-electron chi connectivity index (χ0n) is 18.2. The zero-order valence-corrected chi connectivity index (χ0v) is 19.0. The van der Waals surface area contributed by atoms with Gasteiger partial charge in [-0.1, -0.05) is 12.1 Å². The summed E-state index contributed by atoms with van der Waals surface area (Å²) in [6.07, 6.45) is -0.296. The van der Waals surface area contributed by atoms with Crippen LogP contribution in [0.25, 0.3) is 0 Å². The molecular formula is C20H31NO8S. The molecule has 0 aliphatic carbocycles. The molecule has 1 aromatic carbocycles. The Balaban J connectivity index is 2.99. The summed E-state index contributed by atoms with van der Waals surface area (Å²) in [4.78, 5) is 28.5. The Labute approximate surface area is 177 Å². The Morgan fingerprint density at radius 1 is 1.00 bits per heavy atom. The number of hydrogen-bond acceptors (Lipinski definition) is 8. The van der Waals surface area contributed by atoms with E-state index in [1.807, 2.05) is 0 Å². The third kappa shape index (κ3) is 9.66. The van der Waals surface area contributed by atoms with E-state index in [1.165, 1.54) is 24.3 Å². The largest absolute Gasteiger partial charge is 0.460 e. The average molecular weight is 446 g/mol. The first-order valence-corrected chi connectivity index (χ1v) is 10.9. The van der Waals surface area contributed by atoms with Crippen LogP contribution in [-0.2, 0) is 40.6 Å². The maximum atomic E-state index is 12.7. The SMILES string of the molecule is CC(C)(C)OC(=O)CCC(NS(=O)(=O)c1ccc(COO)cc1)C(=O)OC(C)(C)C. The first kappa shape index (κ1) is 26.0. The molecule has 9 nitrogen and oxygen atoms in total. The van der Waals surface area contributed by atoms with Gasteiger partial charge < -0.3 is 9.47 Å². The highest BCUT2D eigenvalue weighted by molar-refractivity contribution is 7.89. The van der Waals surface area contributed by atoms with Crippen LogP contribution in [0.15, 0.2) is 29.2 Å². The van der Waals surface area contributed by atoms with Crippen molar-refractivity contribution in [2.75, 3.05) is 0 Å². The molecule has 170 valence electrons. The highest BCUT2D eigenvalue weighted by Crippen LogP contribution is 2.17. The molecule has 0 amide bonds. The molecule has 1 unspecified atom stereocenters. The molecule has 10 heteroatoms. The van der Waals surface area contributed by atoms with Crippen LogP contribution in [0.2, 0.25) is 0 Å². The van der Waals surface area contributed by atoms with E-state index in [9.17, 15) is 18.0 Å². The minimum absolute atomic E-state index is 0.0879. The van der Waals surface area contributed by atoms with Gasteiger partial charge in [-0.25, -0.2) is 13.3 Å². The van der Waals surface area contributed by atoms with E-state index in [0.717, 1.165) is 0 Å². The van der Waals surface area contributed by atoms with Gasteiger partial charge in [-0.15, -0.1) is 0 Å². The van der Waals surface area contributed by atoms with Crippen molar-refractivity contribution in [3.05, 3.63) is 29.8 Å². The van der Waals surface area contributed by atoms with Crippen LogP contribution in [0.1, 0.15) is 59.9 Å². The van der Waals surface area contributed by atoms with Crippen LogP contribution >= 0.6 is 0 Å². The van der Waals surface area contributed by atoms with Gasteiger partial charge in [-0.2, -0.15) is 4.72 Å². The van der Waals surface area contributed by atoms with Gasteiger partial charge in [0.2, 0.25) is 10.0 Å². The van der Waals surface area contributed by atoms with Crippen molar-refractivity contribution in [3.63, 3.8) is 0 Å². The number of esters is 2. The highest BCUT2D eigenvalue weighted by Gasteiger charge is 2.31. The van der Waals surface area contributed by atoms with E-state index in [4.69, 9.17) is 14.7 Å². The van der Waals surface area contributed by atoms with Gasteiger partial charge in [-0.3, -0.25) is 14.8 Å². The van der Waals surface area contributed by atoms with E-state index in [0.29, 0.717) is 5.56 Å². The number of carbonyl (C=O) groups excluding carboxylic acids is 2. The molecule has 2 N–H and O–H groups in total. The molecule has 0 saturated carbocycles. The molecule has 0 aliphatic rings. The number of rotatable bonds is 9. The molecule has 0 bridgehead atoms. The average Bonchev–Trinajstić information content (AvgIpc) is 2.56. The minimum atomic E-state index is -4.08. The summed E-state index contributed by atoms with van der Waals surface area (Å²) >= 11 is 0. The lowest BCUT2D eigenvalue weighted by Gasteiger charge is -2.25. The Morgan fingerprint density at radius 2 is 1.53 bits per heavy atom. The van der Waals surface area contributed by atoms with Crippen molar-refractivity contribution in [3.8, 4) is 0 Å². The molecule has 0 fully saturated rings. The lowest BCUT2D eigenvalue weighted by Crippen LogP contribution is -2.44. The molecule has 0 saturated heterocycles. The van der Waals surface area contributed by atoms with Crippen LogP contribution in [0.5, 0.6) is 0 Å². The number of benzene rings is 1. The number of ether oxygens (including phenoxy) is 2. The van der Waals surface area contributed by atoms with Gasteiger partial charge in [0.15, 0.2) is 0 Å². The Morgan fingerprint density at radius 3 is 2.00 bits per heavy atom. The van der Waals surface area contributed by atoms with Crippen LogP contribution in [0.4, 0.5) is 0 Å². The summed E-state index contributed by atoms with van der Waals surface area (Å²) < 4.78 is 38.3. The number of hydrogen-bond donors (Lipinski definition) is 2. The van der Waals surface area contributed by atoms with E-state index in [2.05, 4.69) is 9.61 Å². The van der Waals surface area contributed by atoms with Crippen LogP contribution in [0.3, 0.4) is 0 Å². The molecule has 1 atom stereocenters. The smallest absolute Gasteiger partial charge is 0.324 e. The monoisotopic (exact) mass is 445 g/mol. The quantitative estimate of drug-likeness (QED) is 0.337. The van der Waals surface area contributed by atoms with Crippen molar-refractivity contribution >= 4 is 22.0 Å². The zero-order chi connectivity index (χ0) is 23.2. The standard InChI is InChI=1S/C20H31NO8S/c1-19(2,3)28-17(22)12-11-16(18(23)29-20(4,5)6)21-30(25,26)15-9-7-14(8-10-15)13-27-24/h7-10,16,21,24H,11-13H2,1-6H3. The minimum Gasteiger partial charge on any atom is -0.460 e. The summed E-state index contributed by atoms with van der Waals surface area (Å²) in [6, 6.07) is 4.29. The van der Waals surface area contributed by atoms with Crippen molar-refractivity contribution in [2.45, 2.75) is 83.1 Å². The van der Waals surface area contributed by atoms with Gasteiger partial charge in [0.1, 0.15) is 23.9 Å². The fourth-order valence-electron chi connectivity index (χ4n) is 2.35. The molecule has 0 aliphatic heterocycles. The fourth-order valence-corrected chi connectivity index (χ4v) is 3.57. The molecule has 0 spiro atoms. The number of carbonyl (C=O) groups is 2. The third-order valence-electron chi connectivity index (χ3n) is 3.51. The Bertz CT molecular complexity index is 820. The first-order chi connectivity index (χ1) is 13.6. The van der Waals surface area contributed by atoms with E-state index >= 15 is 0 Å². The predicted molar refractivity (Wildman–Crippen MR) is 109 cm³/mol. The molecular weight excluding hydrogens is 414 g/mol. The van der Waals surface area contributed by atoms with Gasteiger partial charge in [0.25, 0.3) is 0 Å². The van der Waals surface area contributed by atoms with Crippen molar-refractivity contribution in [1.82, 2.24) is 4.72 Å². The molecule has 0 heterocycles. The summed E-state index contributed by atoms with van der Waals surface area (Å²) in [7, 11) is -4.08.